The van der Waals surface area contributed by atoms with E-state index in [9.17, 15) is 0 Å². The molecule has 4 nitrogen and oxygen atoms in total. The highest BCUT2D eigenvalue weighted by Crippen LogP contribution is 2.38. The number of aromatic nitrogens is 2. The van der Waals surface area contributed by atoms with E-state index < -0.39 is 0 Å². The molecule has 0 atom stereocenters. The molecule has 18 heavy (non-hydrogen) atoms. The molecule has 3 rings (SSSR count). The molecule has 1 saturated heterocycles. The van der Waals surface area contributed by atoms with E-state index in [1.54, 1.807) is 0 Å². The smallest absolute Gasteiger partial charge is 0.0656 e. The first-order chi connectivity index (χ1) is 8.92. The van der Waals surface area contributed by atoms with Gasteiger partial charge in [-0.3, -0.25) is 5.10 Å². The second-order valence-corrected chi connectivity index (χ2v) is 5.67. The van der Waals surface area contributed by atoms with Gasteiger partial charge in [0.2, 0.25) is 0 Å². The molecule has 2 N–H and O–H groups in total. The van der Waals surface area contributed by atoms with Crippen molar-refractivity contribution in [3.05, 3.63) is 17.5 Å². The second kappa shape index (κ2) is 5.85. The van der Waals surface area contributed by atoms with E-state index in [4.69, 9.17) is 0 Å². The van der Waals surface area contributed by atoms with Crippen LogP contribution in [0.2, 0.25) is 0 Å². The molecule has 0 amide bonds. The Balaban J connectivity index is 1.29. The topological polar surface area (TPSA) is 44.0 Å². The molecular weight excluding hydrogens is 224 g/mol. The molecule has 1 aromatic rings. The minimum absolute atomic E-state index is 0.755. The zero-order valence-corrected chi connectivity index (χ0v) is 11.1. The highest BCUT2D eigenvalue weighted by molar-refractivity contribution is 5.17. The van der Waals surface area contributed by atoms with Crippen LogP contribution in [0.3, 0.4) is 0 Å². The van der Waals surface area contributed by atoms with Crippen molar-refractivity contribution >= 4 is 0 Å². The van der Waals surface area contributed by atoms with Crippen LogP contribution in [0.25, 0.3) is 0 Å². The average Bonchev–Trinajstić information content (AvgIpc) is 2.92. The Morgan fingerprint density at radius 2 is 2.17 bits per heavy atom. The Morgan fingerprint density at radius 3 is 2.94 bits per heavy atom. The molecule has 1 aliphatic heterocycles. The van der Waals surface area contributed by atoms with Crippen LogP contribution >= 0.6 is 0 Å². The first-order valence-corrected chi connectivity index (χ1v) is 7.39. The summed E-state index contributed by atoms with van der Waals surface area (Å²) in [5, 5.41) is 11.0. The standard InChI is InChI=1S/C14H24N4/c1-2-8-18(7-1)9-3-6-15-11-13-10-14(17-16-13)12-4-5-12/h10,12,15H,1-9,11H2,(H,16,17). The quantitative estimate of drug-likeness (QED) is 0.724. The van der Waals surface area contributed by atoms with Gasteiger partial charge in [0.05, 0.1) is 5.69 Å². The minimum atomic E-state index is 0.755. The number of nitrogens with zero attached hydrogens (tertiary/aromatic N) is 2. The third-order valence-electron chi connectivity index (χ3n) is 3.99. The molecule has 0 radical (unpaired) electrons. The van der Waals surface area contributed by atoms with Crippen molar-refractivity contribution in [2.75, 3.05) is 26.2 Å². The van der Waals surface area contributed by atoms with Crippen LogP contribution in [0.1, 0.15) is 49.4 Å². The molecule has 2 fully saturated rings. The first-order valence-electron chi connectivity index (χ1n) is 7.39. The summed E-state index contributed by atoms with van der Waals surface area (Å²) < 4.78 is 0. The van der Waals surface area contributed by atoms with Crippen molar-refractivity contribution in [1.82, 2.24) is 20.4 Å². The first kappa shape index (κ1) is 12.2. The van der Waals surface area contributed by atoms with Gasteiger partial charge in [-0.2, -0.15) is 5.10 Å². The Kier molecular flexibility index (Phi) is 3.96. The van der Waals surface area contributed by atoms with Crippen LogP contribution in [0.15, 0.2) is 6.07 Å². The normalized spacial score (nSPS) is 20.7. The second-order valence-electron chi connectivity index (χ2n) is 5.67. The lowest BCUT2D eigenvalue weighted by Gasteiger charge is -2.13. The predicted molar refractivity (Wildman–Crippen MR) is 72.6 cm³/mol. The van der Waals surface area contributed by atoms with E-state index >= 15 is 0 Å². The van der Waals surface area contributed by atoms with Gasteiger partial charge in [-0.05, 0) is 64.3 Å². The van der Waals surface area contributed by atoms with Crippen molar-refractivity contribution in [2.24, 2.45) is 0 Å². The van der Waals surface area contributed by atoms with Gasteiger partial charge in [0.15, 0.2) is 0 Å². The van der Waals surface area contributed by atoms with Gasteiger partial charge in [0.1, 0.15) is 0 Å². The van der Waals surface area contributed by atoms with Gasteiger partial charge < -0.3 is 10.2 Å². The average molecular weight is 248 g/mol. The van der Waals surface area contributed by atoms with Gasteiger partial charge in [-0.25, -0.2) is 0 Å². The maximum Gasteiger partial charge on any atom is 0.0656 e. The molecule has 2 aliphatic rings. The summed E-state index contributed by atoms with van der Waals surface area (Å²) in [6.45, 7) is 5.91. The number of rotatable bonds is 7. The summed E-state index contributed by atoms with van der Waals surface area (Å²) in [7, 11) is 0. The number of aromatic amines is 1. The predicted octanol–water partition coefficient (Wildman–Crippen LogP) is 1.86. The van der Waals surface area contributed by atoms with Gasteiger partial charge in [-0.15, -0.1) is 0 Å². The molecule has 0 spiro atoms. The number of nitrogens with one attached hydrogen (secondary N) is 2. The van der Waals surface area contributed by atoms with Gasteiger partial charge in [-0.1, -0.05) is 0 Å². The SMILES string of the molecule is c1c(C2CC2)n[nH]c1CNCCCN1CCCC1. The lowest BCUT2D eigenvalue weighted by molar-refractivity contribution is 0.331. The van der Waals surface area contributed by atoms with E-state index in [0.29, 0.717) is 0 Å². The van der Waals surface area contributed by atoms with Crippen LogP contribution < -0.4 is 5.32 Å². The van der Waals surface area contributed by atoms with E-state index in [1.807, 2.05) is 0 Å². The summed E-state index contributed by atoms with van der Waals surface area (Å²) in [5.74, 6) is 0.755. The maximum absolute atomic E-state index is 4.37. The molecule has 1 aliphatic carbocycles. The van der Waals surface area contributed by atoms with Gasteiger partial charge in [0.25, 0.3) is 0 Å². The molecule has 1 saturated carbocycles. The van der Waals surface area contributed by atoms with Crippen molar-refractivity contribution in [3.63, 3.8) is 0 Å². The van der Waals surface area contributed by atoms with Crippen LogP contribution in [-0.2, 0) is 6.54 Å². The van der Waals surface area contributed by atoms with Gasteiger partial charge in [0, 0.05) is 18.2 Å². The third-order valence-corrected chi connectivity index (χ3v) is 3.99. The highest BCUT2D eigenvalue weighted by Gasteiger charge is 2.25. The van der Waals surface area contributed by atoms with Crippen molar-refractivity contribution in [3.8, 4) is 0 Å². The third kappa shape index (κ3) is 3.33. The lowest BCUT2D eigenvalue weighted by atomic mass is 10.2. The molecular formula is C14H24N4. The van der Waals surface area contributed by atoms with Crippen LogP contribution in [0, 0.1) is 0 Å². The van der Waals surface area contributed by atoms with E-state index in [0.717, 1.165) is 19.0 Å². The zero-order valence-electron chi connectivity index (χ0n) is 11.1. The Hall–Kier alpha value is -0.870. The van der Waals surface area contributed by atoms with E-state index in [2.05, 4.69) is 26.5 Å². The maximum atomic E-state index is 4.37. The number of hydrogen-bond donors (Lipinski definition) is 2. The lowest BCUT2D eigenvalue weighted by Crippen LogP contribution is -2.24. The number of likely N-dealkylation sites (tertiary alicyclic amines) is 1. The van der Waals surface area contributed by atoms with Crippen molar-refractivity contribution < 1.29 is 0 Å². The molecule has 100 valence electrons. The van der Waals surface area contributed by atoms with Crippen LogP contribution in [0.5, 0.6) is 0 Å². The molecule has 4 heteroatoms. The Morgan fingerprint density at radius 1 is 1.33 bits per heavy atom. The highest BCUT2D eigenvalue weighted by atomic mass is 15.1. The molecule has 0 bridgehead atoms. The largest absolute Gasteiger partial charge is 0.311 e. The summed E-state index contributed by atoms with van der Waals surface area (Å²) in [5.41, 5.74) is 2.50. The zero-order chi connectivity index (χ0) is 12.2. The minimum Gasteiger partial charge on any atom is -0.311 e. The Bertz CT molecular complexity index is 364. The number of H-pyrrole nitrogens is 1. The molecule has 1 aromatic heterocycles. The summed E-state index contributed by atoms with van der Waals surface area (Å²) in [6.07, 6.45) is 6.70. The monoisotopic (exact) mass is 248 g/mol. The molecule has 0 aromatic carbocycles. The van der Waals surface area contributed by atoms with E-state index in [1.165, 1.54) is 63.1 Å². The summed E-state index contributed by atoms with van der Waals surface area (Å²) in [6, 6.07) is 2.23. The number of hydrogen-bond acceptors (Lipinski definition) is 3. The molecule has 2 heterocycles. The fraction of sp³-hybridized carbons (Fsp3) is 0.786. The van der Waals surface area contributed by atoms with E-state index in [-0.39, 0.29) is 0 Å². The van der Waals surface area contributed by atoms with Crippen LogP contribution in [0.4, 0.5) is 0 Å². The van der Waals surface area contributed by atoms with Crippen molar-refractivity contribution in [2.45, 2.75) is 44.6 Å². The fourth-order valence-electron chi connectivity index (χ4n) is 2.72. The van der Waals surface area contributed by atoms with Gasteiger partial charge >= 0.3 is 0 Å². The summed E-state index contributed by atoms with van der Waals surface area (Å²) >= 11 is 0. The fourth-order valence-corrected chi connectivity index (χ4v) is 2.72. The van der Waals surface area contributed by atoms with Crippen molar-refractivity contribution in [1.29, 1.82) is 0 Å². The Labute approximate surface area is 109 Å². The summed E-state index contributed by atoms with van der Waals surface area (Å²) in [4.78, 5) is 2.57. The van der Waals surface area contributed by atoms with Crippen LogP contribution in [-0.4, -0.2) is 41.3 Å². The molecule has 0 unspecified atom stereocenters.